The van der Waals surface area contributed by atoms with E-state index in [9.17, 15) is 0 Å². The highest BCUT2D eigenvalue weighted by Gasteiger charge is 2.26. The van der Waals surface area contributed by atoms with Crippen LogP contribution in [-0.2, 0) is 0 Å². The lowest BCUT2D eigenvalue weighted by Crippen LogP contribution is -2.47. The zero-order chi connectivity index (χ0) is 14.2. The van der Waals surface area contributed by atoms with Gasteiger partial charge in [0, 0.05) is 18.6 Å². The van der Waals surface area contributed by atoms with Crippen LogP contribution in [0.25, 0.3) is 0 Å². The van der Waals surface area contributed by atoms with Crippen LogP contribution < -0.4 is 5.32 Å². The van der Waals surface area contributed by atoms with Gasteiger partial charge >= 0.3 is 0 Å². The summed E-state index contributed by atoms with van der Waals surface area (Å²) in [7, 11) is 2.38. The summed E-state index contributed by atoms with van der Waals surface area (Å²) < 4.78 is 0. The summed E-state index contributed by atoms with van der Waals surface area (Å²) in [5.74, 6) is 0.928. The highest BCUT2D eigenvalue weighted by Crippen LogP contribution is 2.28. The molecule has 2 saturated carbocycles. The molecule has 0 heterocycles. The van der Waals surface area contributed by atoms with Gasteiger partial charge in [0.05, 0.1) is 0 Å². The second-order valence-electron chi connectivity index (χ2n) is 7.15. The Hall–Kier alpha value is -0.0800. The molecule has 0 saturated heterocycles. The molecule has 0 radical (unpaired) electrons. The fraction of sp³-hybridized carbons (Fsp3) is 1.00. The fourth-order valence-electron chi connectivity index (χ4n) is 4.34. The van der Waals surface area contributed by atoms with Crippen LogP contribution in [-0.4, -0.2) is 37.1 Å². The molecule has 2 aliphatic rings. The molecule has 2 nitrogen and oxygen atoms in total. The molecular weight excluding hydrogens is 244 g/mol. The van der Waals surface area contributed by atoms with Crippen LogP contribution in [0.15, 0.2) is 0 Å². The lowest BCUT2D eigenvalue weighted by Gasteiger charge is -2.36. The average molecular weight is 280 g/mol. The Morgan fingerprint density at radius 3 is 2.05 bits per heavy atom. The molecule has 1 N–H and O–H groups in total. The van der Waals surface area contributed by atoms with E-state index in [0.29, 0.717) is 0 Å². The van der Waals surface area contributed by atoms with Crippen molar-refractivity contribution in [2.75, 3.05) is 20.1 Å². The molecule has 0 bridgehead atoms. The Labute approximate surface area is 126 Å². The quantitative estimate of drug-likeness (QED) is 0.734. The lowest BCUT2D eigenvalue weighted by molar-refractivity contribution is 0.160. The zero-order valence-corrected chi connectivity index (χ0v) is 13.9. The molecule has 2 rings (SSSR count). The fourth-order valence-corrected chi connectivity index (χ4v) is 4.34. The maximum atomic E-state index is 3.80. The van der Waals surface area contributed by atoms with Crippen LogP contribution in [0.4, 0.5) is 0 Å². The van der Waals surface area contributed by atoms with Crippen LogP contribution >= 0.6 is 0 Å². The maximum absolute atomic E-state index is 3.80. The second kappa shape index (κ2) is 9.04. The Morgan fingerprint density at radius 2 is 1.45 bits per heavy atom. The van der Waals surface area contributed by atoms with E-state index in [-0.39, 0.29) is 0 Å². The Morgan fingerprint density at radius 1 is 0.900 bits per heavy atom. The van der Waals surface area contributed by atoms with Gasteiger partial charge in [-0.15, -0.1) is 0 Å². The third kappa shape index (κ3) is 5.04. The number of nitrogens with zero attached hydrogens (tertiary/aromatic N) is 1. The van der Waals surface area contributed by atoms with Gasteiger partial charge in [-0.05, 0) is 45.2 Å². The first-order valence-corrected chi connectivity index (χ1v) is 9.25. The van der Waals surface area contributed by atoms with Crippen molar-refractivity contribution in [1.29, 1.82) is 0 Å². The summed E-state index contributed by atoms with van der Waals surface area (Å²) >= 11 is 0. The zero-order valence-electron chi connectivity index (χ0n) is 13.9. The van der Waals surface area contributed by atoms with Crippen molar-refractivity contribution in [3.8, 4) is 0 Å². The SMILES string of the molecule is CCNC(CN(C)C1CCCCCC1)C1CCCCC1. The van der Waals surface area contributed by atoms with Gasteiger partial charge in [-0.3, -0.25) is 0 Å². The van der Waals surface area contributed by atoms with E-state index < -0.39 is 0 Å². The number of likely N-dealkylation sites (N-methyl/N-ethyl adjacent to an activating group) is 2. The monoisotopic (exact) mass is 280 g/mol. The Balaban J connectivity index is 1.85. The molecule has 0 amide bonds. The van der Waals surface area contributed by atoms with E-state index in [1.807, 2.05) is 0 Å². The molecule has 20 heavy (non-hydrogen) atoms. The number of rotatable bonds is 6. The van der Waals surface area contributed by atoms with Crippen molar-refractivity contribution < 1.29 is 0 Å². The van der Waals surface area contributed by atoms with Crippen LogP contribution in [0, 0.1) is 5.92 Å². The third-order valence-electron chi connectivity index (χ3n) is 5.62. The molecule has 2 fully saturated rings. The third-order valence-corrected chi connectivity index (χ3v) is 5.62. The molecular formula is C18H36N2. The van der Waals surface area contributed by atoms with Gasteiger partial charge < -0.3 is 10.2 Å². The van der Waals surface area contributed by atoms with Gasteiger partial charge in [0.25, 0.3) is 0 Å². The van der Waals surface area contributed by atoms with Crippen molar-refractivity contribution in [1.82, 2.24) is 10.2 Å². The van der Waals surface area contributed by atoms with Crippen molar-refractivity contribution >= 4 is 0 Å². The van der Waals surface area contributed by atoms with Gasteiger partial charge in [-0.2, -0.15) is 0 Å². The minimum atomic E-state index is 0.730. The standard InChI is InChI=1S/C18H36N2/c1-3-19-18(16-11-7-6-8-12-16)15-20(2)17-13-9-4-5-10-14-17/h16-19H,3-15H2,1-2H3. The first kappa shape index (κ1) is 16.3. The number of hydrogen-bond donors (Lipinski definition) is 1. The lowest BCUT2D eigenvalue weighted by atomic mass is 9.83. The smallest absolute Gasteiger partial charge is 0.0223 e. The first-order chi connectivity index (χ1) is 9.81. The highest BCUT2D eigenvalue weighted by atomic mass is 15.2. The molecule has 118 valence electrons. The molecule has 0 aliphatic heterocycles. The van der Waals surface area contributed by atoms with Gasteiger partial charge in [-0.25, -0.2) is 0 Å². The Kier molecular flexibility index (Phi) is 7.37. The van der Waals surface area contributed by atoms with Gasteiger partial charge in [-0.1, -0.05) is 51.9 Å². The van der Waals surface area contributed by atoms with Crippen LogP contribution in [0.2, 0.25) is 0 Å². The molecule has 1 unspecified atom stereocenters. The van der Waals surface area contributed by atoms with E-state index in [1.54, 1.807) is 0 Å². The van der Waals surface area contributed by atoms with Crippen LogP contribution in [0.3, 0.4) is 0 Å². The van der Waals surface area contributed by atoms with Crippen LogP contribution in [0.5, 0.6) is 0 Å². The van der Waals surface area contributed by atoms with Crippen molar-refractivity contribution in [2.24, 2.45) is 5.92 Å². The minimum absolute atomic E-state index is 0.730. The van der Waals surface area contributed by atoms with Crippen molar-refractivity contribution in [3.63, 3.8) is 0 Å². The van der Waals surface area contributed by atoms with Crippen molar-refractivity contribution in [2.45, 2.75) is 89.6 Å². The van der Waals surface area contributed by atoms with E-state index in [1.165, 1.54) is 77.2 Å². The second-order valence-corrected chi connectivity index (χ2v) is 7.15. The summed E-state index contributed by atoms with van der Waals surface area (Å²) in [6.07, 6.45) is 16.0. The maximum Gasteiger partial charge on any atom is 0.0223 e. The van der Waals surface area contributed by atoms with Crippen LogP contribution in [0.1, 0.15) is 77.6 Å². The highest BCUT2D eigenvalue weighted by molar-refractivity contribution is 4.83. The average Bonchev–Trinajstić information content (AvgIpc) is 2.77. The topological polar surface area (TPSA) is 15.3 Å². The predicted octanol–water partition coefficient (Wildman–Crippen LogP) is 4.20. The van der Waals surface area contributed by atoms with Gasteiger partial charge in [0.15, 0.2) is 0 Å². The summed E-state index contributed by atoms with van der Waals surface area (Å²) in [5.41, 5.74) is 0. The summed E-state index contributed by atoms with van der Waals surface area (Å²) in [6.45, 7) is 4.66. The molecule has 0 spiro atoms. The Bertz CT molecular complexity index is 240. The molecule has 1 atom stereocenters. The van der Waals surface area contributed by atoms with E-state index in [4.69, 9.17) is 0 Å². The number of nitrogens with one attached hydrogen (secondary N) is 1. The van der Waals surface area contributed by atoms with Gasteiger partial charge in [0.2, 0.25) is 0 Å². The summed E-state index contributed by atoms with van der Waals surface area (Å²) in [5, 5.41) is 3.80. The predicted molar refractivity (Wildman–Crippen MR) is 88.2 cm³/mol. The van der Waals surface area contributed by atoms with E-state index in [2.05, 4.69) is 24.2 Å². The van der Waals surface area contributed by atoms with Crippen molar-refractivity contribution in [3.05, 3.63) is 0 Å². The molecule has 0 aromatic rings. The number of hydrogen-bond acceptors (Lipinski definition) is 2. The molecule has 2 heteroatoms. The largest absolute Gasteiger partial charge is 0.313 e. The molecule has 0 aromatic carbocycles. The normalized spacial score (nSPS) is 24.8. The minimum Gasteiger partial charge on any atom is -0.313 e. The van der Waals surface area contributed by atoms with E-state index in [0.717, 1.165) is 24.5 Å². The first-order valence-electron chi connectivity index (χ1n) is 9.25. The summed E-state index contributed by atoms with van der Waals surface area (Å²) in [4.78, 5) is 2.69. The molecule has 0 aromatic heterocycles. The summed E-state index contributed by atoms with van der Waals surface area (Å²) in [6, 6.07) is 1.58. The van der Waals surface area contributed by atoms with Gasteiger partial charge in [0.1, 0.15) is 0 Å². The van der Waals surface area contributed by atoms with E-state index >= 15 is 0 Å². The molecule has 2 aliphatic carbocycles.